The summed E-state index contributed by atoms with van der Waals surface area (Å²) < 4.78 is 10.5. The van der Waals surface area contributed by atoms with Crippen molar-refractivity contribution < 1.29 is 14.3 Å². The quantitative estimate of drug-likeness (QED) is 0.743. The predicted octanol–water partition coefficient (Wildman–Crippen LogP) is 2.66. The van der Waals surface area contributed by atoms with Crippen LogP contribution in [0.5, 0.6) is 11.5 Å². The van der Waals surface area contributed by atoms with Crippen LogP contribution in [0.4, 0.5) is 5.82 Å². The van der Waals surface area contributed by atoms with Gasteiger partial charge in [-0.2, -0.15) is 0 Å². The van der Waals surface area contributed by atoms with Gasteiger partial charge in [0, 0.05) is 26.2 Å². The molecule has 0 aliphatic rings. The molecule has 1 N–H and O–H groups in total. The van der Waals surface area contributed by atoms with E-state index in [-0.39, 0.29) is 5.91 Å². The van der Waals surface area contributed by atoms with Gasteiger partial charge in [0.25, 0.3) is 5.91 Å². The second kappa shape index (κ2) is 9.60. The number of carbonyl (C=O) groups excluding carboxylic acids is 1. The van der Waals surface area contributed by atoms with Crippen LogP contribution in [0.2, 0.25) is 0 Å². The number of anilines is 1. The Labute approximate surface area is 154 Å². The Hall–Kier alpha value is -2.83. The van der Waals surface area contributed by atoms with E-state index in [1.54, 1.807) is 20.3 Å². The average Bonchev–Trinajstić information content (AvgIpc) is 2.69. The van der Waals surface area contributed by atoms with E-state index in [0.717, 1.165) is 30.8 Å². The molecule has 7 nitrogen and oxygen atoms in total. The standard InChI is InChI=1S/C19H26N4O3/c1-5-6-9-23(2)18-11-15(21-13-22-18)19(24)20-12-14-7-8-16(25-3)17(10-14)26-4/h7-8,10-11,13H,5-6,9,12H2,1-4H3,(H,20,24). The summed E-state index contributed by atoms with van der Waals surface area (Å²) in [6.07, 6.45) is 3.60. The lowest BCUT2D eigenvalue weighted by Gasteiger charge is -2.17. The summed E-state index contributed by atoms with van der Waals surface area (Å²) in [5.41, 5.74) is 1.25. The Morgan fingerprint density at radius 2 is 1.92 bits per heavy atom. The number of nitrogens with one attached hydrogen (secondary N) is 1. The summed E-state index contributed by atoms with van der Waals surface area (Å²) >= 11 is 0. The molecule has 0 unspecified atom stereocenters. The smallest absolute Gasteiger partial charge is 0.270 e. The summed E-state index contributed by atoms with van der Waals surface area (Å²) in [6, 6.07) is 7.24. The Bertz CT molecular complexity index is 736. The number of methoxy groups -OCH3 is 2. The normalized spacial score (nSPS) is 10.3. The van der Waals surface area contributed by atoms with E-state index >= 15 is 0 Å². The number of carbonyl (C=O) groups is 1. The molecule has 0 saturated heterocycles. The molecular weight excluding hydrogens is 332 g/mol. The molecule has 0 aliphatic heterocycles. The zero-order chi connectivity index (χ0) is 18.9. The number of benzene rings is 1. The van der Waals surface area contributed by atoms with E-state index in [4.69, 9.17) is 9.47 Å². The van der Waals surface area contributed by atoms with Crippen molar-refractivity contribution in [2.24, 2.45) is 0 Å². The van der Waals surface area contributed by atoms with Crippen LogP contribution in [-0.2, 0) is 6.54 Å². The van der Waals surface area contributed by atoms with Crippen molar-refractivity contribution in [2.45, 2.75) is 26.3 Å². The second-order valence-corrected chi connectivity index (χ2v) is 5.91. The van der Waals surface area contributed by atoms with Crippen molar-refractivity contribution in [1.82, 2.24) is 15.3 Å². The Kier molecular flexibility index (Phi) is 7.20. The largest absolute Gasteiger partial charge is 0.493 e. The number of rotatable bonds is 9. The lowest BCUT2D eigenvalue weighted by Crippen LogP contribution is -2.25. The third kappa shape index (κ3) is 5.08. The first kappa shape index (κ1) is 19.5. The summed E-state index contributed by atoms with van der Waals surface area (Å²) in [6.45, 7) is 3.39. The highest BCUT2D eigenvalue weighted by Gasteiger charge is 2.11. The first-order valence-corrected chi connectivity index (χ1v) is 8.61. The predicted molar refractivity (Wildman–Crippen MR) is 101 cm³/mol. The van der Waals surface area contributed by atoms with Gasteiger partial charge in [0.2, 0.25) is 0 Å². The van der Waals surface area contributed by atoms with E-state index in [0.29, 0.717) is 23.7 Å². The van der Waals surface area contributed by atoms with E-state index in [9.17, 15) is 4.79 Å². The van der Waals surface area contributed by atoms with Crippen molar-refractivity contribution in [3.63, 3.8) is 0 Å². The van der Waals surface area contributed by atoms with Gasteiger partial charge in [-0.15, -0.1) is 0 Å². The molecule has 1 amide bonds. The molecule has 0 atom stereocenters. The number of hydrogen-bond donors (Lipinski definition) is 1. The van der Waals surface area contributed by atoms with Gasteiger partial charge in [-0.25, -0.2) is 9.97 Å². The summed E-state index contributed by atoms with van der Waals surface area (Å²) in [4.78, 5) is 22.8. The third-order valence-corrected chi connectivity index (χ3v) is 4.02. The van der Waals surface area contributed by atoms with Crippen molar-refractivity contribution in [2.75, 3.05) is 32.7 Å². The molecule has 0 saturated carbocycles. The number of hydrogen-bond acceptors (Lipinski definition) is 6. The molecule has 26 heavy (non-hydrogen) atoms. The van der Waals surface area contributed by atoms with E-state index in [1.165, 1.54) is 6.33 Å². The zero-order valence-corrected chi connectivity index (χ0v) is 15.8. The van der Waals surface area contributed by atoms with Crippen molar-refractivity contribution in [3.05, 3.63) is 41.9 Å². The van der Waals surface area contributed by atoms with E-state index in [2.05, 4.69) is 22.2 Å². The highest BCUT2D eigenvalue weighted by Crippen LogP contribution is 2.27. The Balaban J connectivity index is 2.02. The molecule has 0 radical (unpaired) electrons. The van der Waals surface area contributed by atoms with E-state index < -0.39 is 0 Å². The van der Waals surface area contributed by atoms with Gasteiger partial charge in [0.1, 0.15) is 17.8 Å². The van der Waals surface area contributed by atoms with Crippen molar-refractivity contribution in [1.29, 1.82) is 0 Å². The van der Waals surface area contributed by atoms with Gasteiger partial charge in [-0.05, 0) is 24.1 Å². The van der Waals surface area contributed by atoms with Crippen LogP contribution in [0, 0.1) is 0 Å². The molecule has 0 aliphatic carbocycles. The molecule has 140 valence electrons. The zero-order valence-electron chi connectivity index (χ0n) is 15.8. The van der Waals surface area contributed by atoms with Gasteiger partial charge >= 0.3 is 0 Å². The number of ether oxygens (including phenoxy) is 2. The fraction of sp³-hybridized carbons (Fsp3) is 0.421. The number of nitrogens with zero attached hydrogens (tertiary/aromatic N) is 3. The van der Waals surface area contributed by atoms with Crippen molar-refractivity contribution in [3.8, 4) is 11.5 Å². The number of amides is 1. The minimum Gasteiger partial charge on any atom is -0.493 e. The van der Waals surface area contributed by atoms with Gasteiger partial charge in [-0.1, -0.05) is 19.4 Å². The molecule has 0 spiro atoms. The minimum absolute atomic E-state index is 0.243. The molecule has 2 rings (SSSR count). The fourth-order valence-electron chi connectivity index (χ4n) is 2.45. The molecule has 1 heterocycles. The lowest BCUT2D eigenvalue weighted by atomic mass is 10.2. The summed E-state index contributed by atoms with van der Waals surface area (Å²) in [5, 5.41) is 2.87. The van der Waals surface area contributed by atoms with Crippen LogP contribution in [0.25, 0.3) is 0 Å². The minimum atomic E-state index is -0.243. The average molecular weight is 358 g/mol. The van der Waals surface area contributed by atoms with Crippen LogP contribution in [0.1, 0.15) is 35.8 Å². The van der Waals surface area contributed by atoms with Crippen LogP contribution < -0.4 is 19.7 Å². The Morgan fingerprint density at radius 3 is 2.62 bits per heavy atom. The molecule has 2 aromatic rings. The molecule has 7 heteroatoms. The number of unbranched alkanes of at least 4 members (excludes halogenated alkanes) is 1. The van der Waals surface area contributed by atoms with Crippen LogP contribution >= 0.6 is 0 Å². The third-order valence-electron chi connectivity index (χ3n) is 4.02. The van der Waals surface area contributed by atoms with Crippen molar-refractivity contribution >= 4 is 11.7 Å². The molecule has 0 bridgehead atoms. The highest BCUT2D eigenvalue weighted by atomic mass is 16.5. The van der Waals surface area contributed by atoms with Gasteiger partial charge < -0.3 is 19.7 Å². The summed E-state index contributed by atoms with van der Waals surface area (Å²) in [7, 11) is 5.13. The topological polar surface area (TPSA) is 76.6 Å². The monoisotopic (exact) mass is 358 g/mol. The maximum absolute atomic E-state index is 12.4. The van der Waals surface area contributed by atoms with Crippen LogP contribution in [0.15, 0.2) is 30.6 Å². The van der Waals surface area contributed by atoms with Gasteiger partial charge in [0.05, 0.1) is 14.2 Å². The number of aromatic nitrogens is 2. The SMILES string of the molecule is CCCCN(C)c1cc(C(=O)NCc2ccc(OC)c(OC)c2)ncn1. The fourth-order valence-corrected chi connectivity index (χ4v) is 2.45. The molecule has 1 aromatic carbocycles. The lowest BCUT2D eigenvalue weighted by molar-refractivity contribution is 0.0945. The van der Waals surface area contributed by atoms with Crippen LogP contribution in [-0.4, -0.2) is 43.7 Å². The molecule has 0 fully saturated rings. The highest BCUT2D eigenvalue weighted by molar-refractivity contribution is 5.92. The van der Waals surface area contributed by atoms with Gasteiger partial charge in [0.15, 0.2) is 11.5 Å². The first-order valence-electron chi connectivity index (χ1n) is 8.61. The maximum Gasteiger partial charge on any atom is 0.270 e. The first-order chi connectivity index (χ1) is 12.6. The molecule has 1 aromatic heterocycles. The second-order valence-electron chi connectivity index (χ2n) is 5.91. The maximum atomic E-state index is 12.4. The van der Waals surface area contributed by atoms with E-state index in [1.807, 2.05) is 30.1 Å². The van der Waals surface area contributed by atoms with Gasteiger partial charge in [-0.3, -0.25) is 4.79 Å². The Morgan fingerprint density at radius 1 is 1.15 bits per heavy atom. The summed E-state index contributed by atoms with van der Waals surface area (Å²) in [5.74, 6) is 1.77. The van der Waals surface area contributed by atoms with Crippen LogP contribution in [0.3, 0.4) is 0 Å². The molecular formula is C19H26N4O3.